The summed E-state index contributed by atoms with van der Waals surface area (Å²) in [6.07, 6.45) is 2.89. The molecule has 0 aromatic heterocycles. The number of hydrogen-bond acceptors (Lipinski definition) is 3. The minimum absolute atomic E-state index is 0.0538. The Morgan fingerprint density at radius 2 is 2.10 bits per heavy atom. The number of aliphatic hydroxyl groups is 1. The molecule has 0 aliphatic rings. The van der Waals surface area contributed by atoms with Gasteiger partial charge in [-0.1, -0.05) is 31.5 Å². The molecule has 0 radical (unpaired) electrons. The van der Waals surface area contributed by atoms with E-state index in [0.29, 0.717) is 31.9 Å². The average molecular weight is 279 g/mol. The summed E-state index contributed by atoms with van der Waals surface area (Å²) < 4.78 is 5.53. The number of aliphatic hydroxyl groups excluding tert-OH is 1. The topological polar surface area (TPSA) is 58.6 Å². The van der Waals surface area contributed by atoms with Crippen molar-refractivity contribution >= 4 is 5.91 Å². The first kappa shape index (κ1) is 16.5. The third-order valence-electron chi connectivity index (χ3n) is 3.26. The zero-order valence-electron chi connectivity index (χ0n) is 12.2. The molecule has 4 nitrogen and oxygen atoms in total. The second-order valence-electron chi connectivity index (χ2n) is 4.86. The average Bonchev–Trinajstić information content (AvgIpc) is 2.49. The second kappa shape index (κ2) is 10.3. The van der Waals surface area contributed by atoms with Crippen LogP contribution in [0.2, 0.25) is 0 Å². The number of rotatable bonds is 10. The lowest BCUT2D eigenvalue weighted by atomic mass is 10.0. The predicted molar refractivity (Wildman–Crippen MR) is 79.7 cm³/mol. The Morgan fingerprint density at radius 3 is 2.75 bits per heavy atom. The standard InChI is InChI=1S/C16H25NO3/c1-2-14(10-11-18)13-17-16(19)9-6-12-20-15-7-4-3-5-8-15/h3-5,7-8,14,18H,2,6,9-13H2,1H3,(H,17,19). The van der Waals surface area contributed by atoms with Gasteiger partial charge in [-0.25, -0.2) is 0 Å². The predicted octanol–water partition coefficient (Wildman–Crippen LogP) is 2.37. The molecule has 0 saturated carbocycles. The van der Waals surface area contributed by atoms with Crippen molar-refractivity contribution in [2.24, 2.45) is 5.92 Å². The Balaban J connectivity index is 2.08. The number of amides is 1. The van der Waals surface area contributed by atoms with Crippen molar-refractivity contribution in [2.75, 3.05) is 19.8 Å². The first-order valence-corrected chi connectivity index (χ1v) is 7.31. The van der Waals surface area contributed by atoms with Gasteiger partial charge in [0.2, 0.25) is 5.91 Å². The van der Waals surface area contributed by atoms with Crippen molar-refractivity contribution in [1.29, 1.82) is 0 Å². The number of nitrogens with one attached hydrogen (secondary N) is 1. The Hall–Kier alpha value is -1.55. The summed E-state index contributed by atoms with van der Waals surface area (Å²) in [5.41, 5.74) is 0. The Bertz CT molecular complexity index is 367. The van der Waals surface area contributed by atoms with E-state index in [-0.39, 0.29) is 12.5 Å². The molecule has 0 aliphatic heterocycles. The lowest BCUT2D eigenvalue weighted by Crippen LogP contribution is -2.29. The number of carbonyl (C=O) groups is 1. The van der Waals surface area contributed by atoms with Crippen LogP contribution in [-0.2, 0) is 4.79 Å². The summed E-state index contributed by atoms with van der Waals surface area (Å²) in [6.45, 7) is 3.44. The van der Waals surface area contributed by atoms with Crippen LogP contribution in [0.1, 0.15) is 32.6 Å². The van der Waals surface area contributed by atoms with Crippen LogP contribution in [0.15, 0.2) is 30.3 Å². The summed E-state index contributed by atoms with van der Waals surface area (Å²) in [5, 5.41) is 11.8. The van der Waals surface area contributed by atoms with Gasteiger partial charge in [-0.2, -0.15) is 0 Å². The van der Waals surface area contributed by atoms with E-state index in [1.165, 1.54) is 0 Å². The van der Waals surface area contributed by atoms with Crippen LogP contribution in [0.4, 0.5) is 0 Å². The molecule has 0 fully saturated rings. The van der Waals surface area contributed by atoms with Crippen LogP contribution >= 0.6 is 0 Å². The molecule has 112 valence electrons. The third-order valence-corrected chi connectivity index (χ3v) is 3.26. The Kier molecular flexibility index (Phi) is 8.47. The molecule has 1 amide bonds. The molecule has 1 unspecified atom stereocenters. The van der Waals surface area contributed by atoms with Gasteiger partial charge in [0.15, 0.2) is 0 Å². The zero-order chi connectivity index (χ0) is 14.6. The minimum Gasteiger partial charge on any atom is -0.494 e. The van der Waals surface area contributed by atoms with E-state index in [2.05, 4.69) is 12.2 Å². The van der Waals surface area contributed by atoms with Crippen molar-refractivity contribution in [3.05, 3.63) is 30.3 Å². The van der Waals surface area contributed by atoms with Crippen LogP contribution in [0.3, 0.4) is 0 Å². The summed E-state index contributed by atoms with van der Waals surface area (Å²) in [7, 11) is 0. The van der Waals surface area contributed by atoms with Gasteiger partial charge in [-0.15, -0.1) is 0 Å². The van der Waals surface area contributed by atoms with Crippen molar-refractivity contribution in [2.45, 2.75) is 32.6 Å². The van der Waals surface area contributed by atoms with Gasteiger partial charge in [0.25, 0.3) is 0 Å². The van der Waals surface area contributed by atoms with Crippen LogP contribution in [0.25, 0.3) is 0 Å². The molecule has 0 spiro atoms. The van der Waals surface area contributed by atoms with E-state index in [1.807, 2.05) is 30.3 Å². The van der Waals surface area contributed by atoms with E-state index in [9.17, 15) is 4.79 Å². The lowest BCUT2D eigenvalue weighted by molar-refractivity contribution is -0.121. The van der Waals surface area contributed by atoms with E-state index >= 15 is 0 Å². The van der Waals surface area contributed by atoms with Crippen molar-refractivity contribution in [3.8, 4) is 5.75 Å². The fourth-order valence-corrected chi connectivity index (χ4v) is 1.92. The Morgan fingerprint density at radius 1 is 1.35 bits per heavy atom. The van der Waals surface area contributed by atoms with E-state index in [4.69, 9.17) is 9.84 Å². The summed E-state index contributed by atoms with van der Waals surface area (Å²) in [5.74, 6) is 1.25. The Labute approximate surface area is 121 Å². The third kappa shape index (κ3) is 7.14. The number of ether oxygens (including phenoxy) is 1. The van der Waals surface area contributed by atoms with Crippen LogP contribution < -0.4 is 10.1 Å². The maximum Gasteiger partial charge on any atom is 0.220 e. The van der Waals surface area contributed by atoms with Gasteiger partial charge in [0.05, 0.1) is 6.61 Å². The highest BCUT2D eigenvalue weighted by Gasteiger charge is 2.07. The molecule has 0 saturated heterocycles. The molecule has 4 heteroatoms. The quantitative estimate of drug-likeness (QED) is 0.646. The first-order chi connectivity index (χ1) is 9.76. The summed E-state index contributed by atoms with van der Waals surface area (Å²) in [4.78, 5) is 11.6. The lowest BCUT2D eigenvalue weighted by Gasteiger charge is -2.14. The SMILES string of the molecule is CCC(CCO)CNC(=O)CCCOc1ccccc1. The number of hydrogen-bond donors (Lipinski definition) is 2. The van der Waals surface area contributed by atoms with Gasteiger partial charge in [-0.3, -0.25) is 4.79 Å². The van der Waals surface area contributed by atoms with Crippen molar-refractivity contribution in [1.82, 2.24) is 5.32 Å². The maximum atomic E-state index is 11.6. The van der Waals surface area contributed by atoms with Gasteiger partial charge in [0.1, 0.15) is 5.75 Å². The first-order valence-electron chi connectivity index (χ1n) is 7.31. The molecule has 0 bridgehead atoms. The van der Waals surface area contributed by atoms with Gasteiger partial charge >= 0.3 is 0 Å². The highest BCUT2D eigenvalue weighted by molar-refractivity contribution is 5.75. The molecular formula is C16H25NO3. The molecule has 1 aromatic rings. The van der Waals surface area contributed by atoms with Crippen molar-refractivity contribution in [3.63, 3.8) is 0 Å². The van der Waals surface area contributed by atoms with Gasteiger partial charge in [-0.05, 0) is 30.9 Å². The highest BCUT2D eigenvalue weighted by atomic mass is 16.5. The fourth-order valence-electron chi connectivity index (χ4n) is 1.92. The van der Waals surface area contributed by atoms with Gasteiger partial charge in [0, 0.05) is 19.6 Å². The highest BCUT2D eigenvalue weighted by Crippen LogP contribution is 2.09. The smallest absolute Gasteiger partial charge is 0.220 e. The van der Waals surface area contributed by atoms with Crippen LogP contribution in [0.5, 0.6) is 5.75 Å². The van der Waals surface area contributed by atoms with Crippen LogP contribution in [0, 0.1) is 5.92 Å². The molecule has 0 heterocycles. The normalized spacial score (nSPS) is 11.9. The van der Waals surface area contributed by atoms with E-state index < -0.39 is 0 Å². The molecule has 0 aliphatic carbocycles. The monoisotopic (exact) mass is 279 g/mol. The number of para-hydroxylation sites is 1. The van der Waals surface area contributed by atoms with Crippen LogP contribution in [-0.4, -0.2) is 30.8 Å². The molecule has 1 atom stereocenters. The minimum atomic E-state index is 0.0538. The maximum absolute atomic E-state index is 11.6. The van der Waals surface area contributed by atoms with E-state index in [1.54, 1.807) is 0 Å². The number of carbonyl (C=O) groups excluding carboxylic acids is 1. The molecular weight excluding hydrogens is 254 g/mol. The number of benzene rings is 1. The van der Waals surface area contributed by atoms with E-state index in [0.717, 1.165) is 18.6 Å². The van der Waals surface area contributed by atoms with Gasteiger partial charge < -0.3 is 15.2 Å². The zero-order valence-corrected chi connectivity index (χ0v) is 12.2. The summed E-state index contributed by atoms with van der Waals surface area (Å²) >= 11 is 0. The molecule has 20 heavy (non-hydrogen) atoms. The molecule has 1 rings (SSSR count). The second-order valence-corrected chi connectivity index (χ2v) is 4.86. The molecule has 2 N–H and O–H groups in total. The fraction of sp³-hybridized carbons (Fsp3) is 0.562. The molecule has 1 aromatic carbocycles. The largest absolute Gasteiger partial charge is 0.494 e. The summed E-state index contributed by atoms with van der Waals surface area (Å²) in [6, 6.07) is 9.60. The van der Waals surface area contributed by atoms with Crippen molar-refractivity contribution < 1.29 is 14.6 Å².